The minimum absolute atomic E-state index is 0.123. The van der Waals surface area contributed by atoms with Crippen LogP contribution in [0.5, 0.6) is 11.5 Å². The fourth-order valence-corrected chi connectivity index (χ4v) is 6.74. The highest BCUT2D eigenvalue weighted by molar-refractivity contribution is 9.07. The number of sulfone groups is 1. The summed E-state index contributed by atoms with van der Waals surface area (Å²) in [6.45, 7) is 1.31. The van der Waals surface area contributed by atoms with Crippen molar-refractivity contribution in [3.63, 3.8) is 0 Å². The molecule has 0 amide bonds. The Morgan fingerprint density at radius 1 is 0.919 bits per heavy atom. The van der Waals surface area contributed by atoms with Gasteiger partial charge in [0, 0.05) is 40.8 Å². The Morgan fingerprint density at radius 2 is 1.59 bits per heavy atom. The zero-order chi connectivity index (χ0) is 26.2. The van der Waals surface area contributed by atoms with Crippen LogP contribution < -0.4 is 4.74 Å². The average Bonchev–Trinajstić information content (AvgIpc) is 2.88. The molecule has 2 heterocycles. The third kappa shape index (κ3) is 5.37. The molecule has 37 heavy (non-hydrogen) atoms. The molecule has 0 saturated carbocycles. The maximum atomic E-state index is 13.5. The van der Waals surface area contributed by atoms with Gasteiger partial charge in [0.1, 0.15) is 11.5 Å². The summed E-state index contributed by atoms with van der Waals surface area (Å²) in [5.41, 5.74) is 0.312. The van der Waals surface area contributed by atoms with E-state index in [0.29, 0.717) is 53.9 Å². The monoisotopic (exact) mass is 590 g/mol. The Labute approximate surface area is 221 Å². The van der Waals surface area contributed by atoms with Crippen LogP contribution in [-0.4, -0.2) is 35.7 Å². The summed E-state index contributed by atoms with van der Waals surface area (Å²) < 4.78 is 74.8. The van der Waals surface area contributed by atoms with E-state index in [9.17, 15) is 21.6 Å². The van der Waals surface area contributed by atoms with Crippen LogP contribution >= 0.6 is 16.1 Å². The number of rotatable bonds is 5. The van der Waals surface area contributed by atoms with Crippen LogP contribution in [0.1, 0.15) is 18.4 Å². The Bertz CT molecular complexity index is 1550. The lowest BCUT2D eigenvalue weighted by atomic mass is 9.99. The number of pyridine rings is 1. The van der Waals surface area contributed by atoms with E-state index < -0.39 is 26.8 Å². The number of alkyl halides is 3. The van der Waals surface area contributed by atoms with E-state index in [4.69, 9.17) is 4.74 Å². The highest BCUT2D eigenvalue weighted by Crippen LogP contribution is 2.38. The molecule has 5 nitrogen and oxygen atoms in total. The first-order valence-electron chi connectivity index (χ1n) is 11.6. The number of para-hydroxylation sites is 1. The highest BCUT2D eigenvalue weighted by Gasteiger charge is 2.33. The highest BCUT2D eigenvalue weighted by atomic mass is 79.9. The van der Waals surface area contributed by atoms with Crippen molar-refractivity contribution in [2.24, 2.45) is 0 Å². The maximum absolute atomic E-state index is 13.5. The molecule has 0 unspecified atom stereocenters. The Kier molecular flexibility index (Phi) is 6.99. The van der Waals surface area contributed by atoms with Crippen molar-refractivity contribution in [2.45, 2.75) is 29.2 Å². The second kappa shape index (κ2) is 10.1. The maximum Gasteiger partial charge on any atom is 0.418 e. The predicted octanol–water partition coefficient (Wildman–Crippen LogP) is 7.26. The molecule has 1 aromatic heterocycles. The van der Waals surface area contributed by atoms with Gasteiger partial charge in [-0.3, -0.25) is 4.98 Å². The van der Waals surface area contributed by atoms with Crippen LogP contribution in [0.25, 0.3) is 22.0 Å². The zero-order valence-electron chi connectivity index (χ0n) is 19.5. The predicted molar refractivity (Wildman–Crippen MR) is 139 cm³/mol. The molecule has 3 aromatic carbocycles. The molecule has 1 aliphatic rings. The van der Waals surface area contributed by atoms with Gasteiger partial charge in [-0.2, -0.15) is 13.2 Å². The molecular weight excluding hydrogens is 569 g/mol. The molecule has 0 N–H and O–H groups in total. The first-order chi connectivity index (χ1) is 17.6. The normalized spacial score (nSPS) is 15.7. The van der Waals surface area contributed by atoms with Gasteiger partial charge in [-0.1, -0.05) is 30.3 Å². The van der Waals surface area contributed by atoms with E-state index >= 15 is 0 Å². The lowest BCUT2D eigenvalue weighted by Gasteiger charge is -2.27. The molecule has 10 heteroatoms. The quantitative estimate of drug-likeness (QED) is 0.229. The van der Waals surface area contributed by atoms with Gasteiger partial charge >= 0.3 is 6.18 Å². The van der Waals surface area contributed by atoms with E-state index in [-0.39, 0.29) is 10.4 Å². The summed E-state index contributed by atoms with van der Waals surface area (Å²) in [6.07, 6.45) is -2.09. The molecule has 5 rings (SSSR count). The minimum Gasteiger partial charge on any atom is -0.457 e. The van der Waals surface area contributed by atoms with Crippen molar-refractivity contribution in [3.8, 4) is 22.6 Å². The van der Waals surface area contributed by atoms with Gasteiger partial charge in [-0.15, -0.1) is 0 Å². The lowest BCUT2D eigenvalue weighted by molar-refractivity contribution is -0.136. The number of benzene rings is 3. The smallest absolute Gasteiger partial charge is 0.418 e. The number of aromatic nitrogens is 1. The molecule has 0 bridgehead atoms. The molecule has 1 aliphatic heterocycles. The fraction of sp³-hybridized carbons (Fsp3) is 0.222. The molecule has 0 atom stereocenters. The van der Waals surface area contributed by atoms with Crippen molar-refractivity contribution >= 4 is 36.9 Å². The van der Waals surface area contributed by atoms with E-state index in [1.807, 2.05) is 3.93 Å². The van der Waals surface area contributed by atoms with Gasteiger partial charge in [0.05, 0.1) is 21.2 Å². The molecule has 0 aliphatic carbocycles. The third-order valence-electron chi connectivity index (χ3n) is 6.42. The third-order valence-corrected chi connectivity index (χ3v) is 9.39. The molecule has 0 spiro atoms. The van der Waals surface area contributed by atoms with Crippen LogP contribution in [0.4, 0.5) is 13.2 Å². The molecule has 192 valence electrons. The van der Waals surface area contributed by atoms with E-state index in [1.165, 1.54) is 18.3 Å². The van der Waals surface area contributed by atoms with Gasteiger partial charge in [0.15, 0.2) is 9.84 Å². The molecular formula is C27H22BrF3N2O3S. The van der Waals surface area contributed by atoms with Gasteiger partial charge in [0.25, 0.3) is 0 Å². The Hall–Kier alpha value is -2.95. The van der Waals surface area contributed by atoms with Crippen molar-refractivity contribution in [3.05, 3.63) is 84.6 Å². The zero-order valence-corrected chi connectivity index (χ0v) is 21.9. The van der Waals surface area contributed by atoms with Crippen LogP contribution in [0.3, 0.4) is 0 Å². The Balaban J connectivity index is 1.45. The lowest BCUT2D eigenvalue weighted by Crippen LogP contribution is -2.34. The Morgan fingerprint density at radius 3 is 2.32 bits per heavy atom. The number of ether oxygens (including phenoxy) is 1. The van der Waals surface area contributed by atoms with Gasteiger partial charge in [-0.05, 0) is 66.4 Å². The second-order valence-electron chi connectivity index (χ2n) is 8.82. The first kappa shape index (κ1) is 25.7. The number of hydrogen-bond acceptors (Lipinski definition) is 5. The number of halogens is 4. The number of piperidine rings is 1. The van der Waals surface area contributed by atoms with Crippen LogP contribution in [0, 0.1) is 0 Å². The summed E-state index contributed by atoms with van der Waals surface area (Å²) in [5, 5.41) is -0.0847. The van der Waals surface area contributed by atoms with Gasteiger partial charge in [-0.25, -0.2) is 12.3 Å². The van der Waals surface area contributed by atoms with Crippen molar-refractivity contribution in [2.75, 3.05) is 13.1 Å². The number of fused-ring (bicyclic) bond motifs is 1. The van der Waals surface area contributed by atoms with Crippen LogP contribution in [-0.2, 0) is 16.0 Å². The fourth-order valence-electron chi connectivity index (χ4n) is 4.56. The summed E-state index contributed by atoms with van der Waals surface area (Å²) in [6, 6.07) is 19.0. The second-order valence-corrected chi connectivity index (χ2v) is 12.0. The summed E-state index contributed by atoms with van der Waals surface area (Å²) in [5.74, 6) is 0.784. The molecule has 4 aromatic rings. The summed E-state index contributed by atoms with van der Waals surface area (Å²) >= 11 is 3.40. The van der Waals surface area contributed by atoms with Crippen LogP contribution in [0.15, 0.2) is 83.9 Å². The van der Waals surface area contributed by atoms with Crippen molar-refractivity contribution in [1.29, 1.82) is 0 Å². The van der Waals surface area contributed by atoms with E-state index in [2.05, 4.69) is 21.1 Å². The summed E-state index contributed by atoms with van der Waals surface area (Å²) in [7, 11) is -3.52. The standard InChI is InChI=1S/C27H22BrF3N2O3S/c28-33-14-11-21(12-15-33)37(34,35)22-7-2-6-20(17-22)36-19-5-1-4-18(16-19)23-10-13-32-26-24(23)8-3-9-25(26)27(29,30)31/h1-10,13,16-17,21H,11-12,14-15H2. The van der Waals surface area contributed by atoms with Gasteiger partial charge in [0.2, 0.25) is 0 Å². The van der Waals surface area contributed by atoms with Gasteiger partial charge < -0.3 is 4.74 Å². The molecule has 1 fully saturated rings. The average molecular weight is 591 g/mol. The topological polar surface area (TPSA) is 59.5 Å². The van der Waals surface area contributed by atoms with E-state index in [1.54, 1.807) is 54.6 Å². The number of hydrogen-bond donors (Lipinski definition) is 0. The minimum atomic E-state index is -4.52. The van der Waals surface area contributed by atoms with Crippen LogP contribution in [0.2, 0.25) is 0 Å². The number of nitrogens with zero attached hydrogens (tertiary/aromatic N) is 2. The SMILES string of the molecule is O=S(=O)(c1cccc(Oc2cccc(-c3ccnc4c(C(F)(F)F)cccc34)c2)c1)C1CCN(Br)CC1. The van der Waals surface area contributed by atoms with Crippen molar-refractivity contribution < 1.29 is 26.3 Å². The molecule has 1 saturated heterocycles. The first-order valence-corrected chi connectivity index (χ1v) is 13.9. The largest absolute Gasteiger partial charge is 0.457 e. The summed E-state index contributed by atoms with van der Waals surface area (Å²) in [4.78, 5) is 4.19. The molecule has 0 radical (unpaired) electrons. The van der Waals surface area contributed by atoms with Crippen molar-refractivity contribution in [1.82, 2.24) is 8.91 Å². The van der Waals surface area contributed by atoms with E-state index in [0.717, 1.165) is 6.07 Å².